The molecule has 0 saturated heterocycles. The molecule has 0 amide bonds. The average molecular weight is 407 g/mol. The van der Waals surface area contributed by atoms with Crippen LogP contribution in [0, 0.1) is 6.92 Å². The topological polar surface area (TPSA) is 35.0 Å². The first-order valence-electron chi connectivity index (χ1n) is 5.50. The van der Waals surface area contributed by atoms with Crippen molar-refractivity contribution in [3.63, 3.8) is 0 Å². The van der Waals surface area contributed by atoms with Crippen LogP contribution in [0.2, 0.25) is 5.15 Å². The summed E-state index contributed by atoms with van der Waals surface area (Å²) < 4.78 is 6.72. The van der Waals surface area contributed by atoms with E-state index < -0.39 is 0 Å². The predicted molar refractivity (Wildman–Crippen MR) is 83.3 cm³/mol. The van der Waals surface area contributed by atoms with Crippen molar-refractivity contribution in [2.45, 2.75) is 13.5 Å². The van der Waals surface area contributed by atoms with Crippen LogP contribution < -0.4 is 0 Å². The Morgan fingerprint density at radius 3 is 2.63 bits per heavy atom. The molecule has 0 aliphatic carbocycles. The molecule has 1 heterocycles. The molecule has 0 saturated carbocycles. The Labute approximate surface area is 133 Å². The number of hydrogen-bond acceptors (Lipinski definition) is 3. The van der Waals surface area contributed by atoms with Crippen molar-refractivity contribution in [3.8, 4) is 11.4 Å². The number of hydrogen-bond donors (Lipinski definition) is 0. The number of ether oxygens (including phenoxy) is 1. The number of aryl methyl sites for hydroxylation is 1. The molecule has 6 heteroatoms. The van der Waals surface area contributed by atoms with Gasteiger partial charge in [-0.2, -0.15) is 0 Å². The van der Waals surface area contributed by atoms with Gasteiger partial charge in [0.05, 0.1) is 16.8 Å². The van der Waals surface area contributed by atoms with Crippen LogP contribution in [0.4, 0.5) is 0 Å². The van der Waals surface area contributed by atoms with Gasteiger partial charge in [0.1, 0.15) is 5.15 Å². The van der Waals surface area contributed by atoms with Crippen molar-refractivity contribution >= 4 is 43.5 Å². The van der Waals surface area contributed by atoms with Crippen LogP contribution in [0.5, 0.6) is 0 Å². The number of benzene rings is 1. The molecule has 19 heavy (non-hydrogen) atoms. The van der Waals surface area contributed by atoms with E-state index in [2.05, 4.69) is 41.8 Å². The van der Waals surface area contributed by atoms with E-state index in [9.17, 15) is 0 Å². The largest absolute Gasteiger partial charge is 0.378 e. The molecule has 0 unspecified atom stereocenters. The standard InChI is InChI=1S/C13H11Br2ClN2O/c1-7-3-4-8(9(14)5-7)13-17-10(6-19-2)11(15)12(16)18-13/h3-5H,6H2,1-2H3. The van der Waals surface area contributed by atoms with E-state index in [-0.39, 0.29) is 0 Å². The maximum Gasteiger partial charge on any atom is 0.162 e. The Bertz CT molecular complexity index is 620. The highest BCUT2D eigenvalue weighted by atomic mass is 79.9. The first-order valence-corrected chi connectivity index (χ1v) is 7.46. The van der Waals surface area contributed by atoms with Crippen LogP contribution >= 0.6 is 43.5 Å². The zero-order valence-electron chi connectivity index (χ0n) is 10.4. The smallest absolute Gasteiger partial charge is 0.162 e. The Morgan fingerprint density at radius 2 is 2.00 bits per heavy atom. The van der Waals surface area contributed by atoms with Gasteiger partial charge in [0.2, 0.25) is 0 Å². The first kappa shape index (κ1) is 14.9. The zero-order chi connectivity index (χ0) is 14.0. The van der Waals surface area contributed by atoms with Crippen molar-refractivity contribution in [2.75, 3.05) is 7.11 Å². The van der Waals surface area contributed by atoms with Gasteiger partial charge < -0.3 is 4.74 Å². The lowest BCUT2D eigenvalue weighted by Crippen LogP contribution is -2.00. The Hall–Kier alpha value is -0.490. The SMILES string of the molecule is COCc1nc(-c2ccc(C)cc2Br)nc(Cl)c1Br. The van der Waals surface area contributed by atoms with Crippen molar-refractivity contribution in [3.05, 3.63) is 43.6 Å². The van der Waals surface area contributed by atoms with E-state index in [1.54, 1.807) is 7.11 Å². The molecule has 0 fully saturated rings. The summed E-state index contributed by atoms with van der Waals surface area (Å²) in [6.07, 6.45) is 0. The molecule has 0 N–H and O–H groups in total. The quantitative estimate of drug-likeness (QED) is 0.689. The lowest BCUT2D eigenvalue weighted by Gasteiger charge is -2.09. The monoisotopic (exact) mass is 404 g/mol. The summed E-state index contributed by atoms with van der Waals surface area (Å²) in [6.45, 7) is 2.40. The molecule has 3 nitrogen and oxygen atoms in total. The van der Waals surface area contributed by atoms with E-state index in [0.717, 1.165) is 21.3 Å². The van der Waals surface area contributed by atoms with Crippen molar-refractivity contribution < 1.29 is 4.74 Å². The zero-order valence-corrected chi connectivity index (χ0v) is 14.3. The Kier molecular flexibility index (Phi) is 4.95. The van der Waals surface area contributed by atoms with Gasteiger partial charge >= 0.3 is 0 Å². The van der Waals surface area contributed by atoms with Gasteiger partial charge in [0.25, 0.3) is 0 Å². The average Bonchev–Trinajstić information content (AvgIpc) is 2.35. The van der Waals surface area contributed by atoms with Gasteiger partial charge in [-0.05, 0) is 40.5 Å². The molecule has 0 aliphatic rings. The van der Waals surface area contributed by atoms with Crippen molar-refractivity contribution in [1.82, 2.24) is 9.97 Å². The highest BCUT2D eigenvalue weighted by molar-refractivity contribution is 9.11. The Morgan fingerprint density at radius 1 is 1.26 bits per heavy atom. The van der Waals surface area contributed by atoms with Crippen molar-refractivity contribution in [1.29, 1.82) is 0 Å². The fourth-order valence-electron chi connectivity index (χ4n) is 1.62. The summed E-state index contributed by atoms with van der Waals surface area (Å²) in [6, 6.07) is 6.00. The van der Waals surface area contributed by atoms with Crippen LogP contribution in [0.1, 0.15) is 11.3 Å². The normalized spacial score (nSPS) is 10.8. The summed E-state index contributed by atoms with van der Waals surface area (Å²) in [5.74, 6) is 0.576. The lowest BCUT2D eigenvalue weighted by atomic mass is 10.1. The molecule has 0 spiro atoms. The second-order valence-corrected chi connectivity index (χ2v) is 6.02. The van der Waals surface area contributed by atoms with E-state index >= 15 is 0 Å². The third-order valence-corrected chi connectivity index (χ3v) is 4.52. The molecule has 0 bridgehead atoms. The summed E-state index contributed by atoms with van der Waals surface area (Å²) in [5, 5.41) is 0.379. The minimum absolute atomic E-state index is 0.374. The van der Waals surface area contributed by atoms with E-state index in [0.29, 0.717) is 22.1 Å². The van der Waals surface area contributed by atoms with Crippen LogP contribution in [-0.2, 0) is 11.3 Å². The van der Waals surface area contributed by atoms with Gasteiger partial charge in [-0.3, -0.25) is 0 Å². The number of nitrogens with zero attached hydrogens (tertiary/aromatic N) is 2. The van der Waals surface area contributed by atoms with E-state index in [4.69, 9.17) is 16.3 Å². The Balaban J connectivity index is 2.56. The molecule has 2 aromatic rings. The van der Waals surface area contributed by atoms with E-state index in [1.165, 1.54) is 0 Å². The summed E-state index contributed by atoms with van der Waals surface area (Å²) in [7, 11) is 1.62. The van der Waals surface area contributed by atoms with Gasteiger partial charge in [-0.1, -0.05) is 33.6 Å². The first-order chi connectivity index (χ1) is 9.02. The fourth-order valence-corrected chi connectivity index (χ4v) is 2.77. The third-order valence-electron chi connectivity index (χ3n) is 2.53. The minimum atomic E-state index is 0.374. The number of aromatic nitrogens is 2. The maximum atomic E-state index is 6.12. The molecule has 0 radical (unpaired) electrons. The molecule has 1 aromatic heterocycles. The second kappa shape index (κ2) is 6.31. The maximum absolute atomic E-state index is 6.12. The van der Waals surface area contributed by atoms with Gasteiger partial charge in [0.15, 0.2) is 5.82 Å². The molecule has 1 aromatic carbocycles. The van der Waals surface area contributed by atoms with Crippen LogP contribution in [0.3, 0.4) is 0 Å². The molecule has 0 atom stereocenters. The highest BCUT2D eigenvalue weighted by Gasteiger charge is 2.13. The third kappa shape index (κ3) is 3.34. The van der Waals surface area contributed by atoms with Gasteiger partial charge in [-0.25, -0.2) is 9.97 Å². The molecule has 0 aliphatic heterocycles. The summed E-state index contributed by atoms with van der Waals surface area (Å²) in [5.41, 5.74) is 2.79. The van der Waals surface area contributed by atoms with Gasteiger partial charge in [-0.15, -0.1) is 0 Å². The lowest BCUT2D eigenvalue weighted by molar-refractivity contribution is 0.181. The molecular formula is C13H11Br2ClN2O. The number of rotatable bonds is 3. The fraction of sp³-hybridized carbons (Fsp3) is 0.231. The van der Waals surface area contributed by atoms with Crippen LogP contribution in [-0.4, -0.2) is 17.1 Å². The second-order valence-electron chi connectivity index (χ2n) is 4.02. The summed E-state index contributed by atoms with van der Waals surface area (Å²) >= 11 is 13.0. The number of halogens is 3. The van der Waals surface area contributed by atoms with Crippen LogP contribution in [0.15, 0.2) is 27.1 Å². The van der Waals surface area contributed by atoms with E-state index in [1.807, 2.05) is 25.1 Å². The van der Waals surface area contributed by atoms with Crippen molar-refractivity contribution in [2.24, 2.45) is 0 Å². The summed E-state index contributed by atoms with van der Waals surface area (Å²) in [4.78, 5) is 8.78. The highest BCUT2D eigenvalue weighted by Crippen LogP contribution is 2.31. The molecule has 2 rings (SSSR count). The molecule has 100 valence electrons. The predicted octanol–water partition coefficient (Wildman–Crippen LogP) is 4.78. The minimum Gasteiger partial charge on any atom is -0.378 e. The van der Waals surface area contributed by atoms with Gasteiger partial charge in [0, 0.05) is 17.1 Å². The number of methoxy groups -OCH3 is 1. The van der Waals surface area contributed by atoms with Crippen LogP contribution in [0.25, 0.3) is 11.4 Å². The molecular weight excluding hydrogens is 395 g/mol.